The second-order valence-corrected chi connectivity index (χ2v) is 4.94. The highest BCUT2D eigenvalue weighted by Gasteiger charge is 2.10. The fourth-order valence-electron chi connectivity index (χ4n) is 0.936. The second kappa shape index (κ2) is 6.39. The lowest BCUT2D eigenvalue weighted by atomic mass is 10.5. The molecule has 0 aliphatic heterocycles. The lowest BCUT2D eigenvalue weighted by molar-refractivity contribution is -0.125. The van der Waals surface area contributed by atoms with Gasteiger partial charge in [-0.25, -0.2) is 0 Å². The highest BCUT2D eigenvalue weighted by atomic mass is 32.2. The van der Waals surface area contributed by atoms with Crippen LogP contribution in [0.4, 0.5) is 5.95 Å². The van der Waals surface area contributed by atoms with Crippen molar-refractivity contribution in [1.29, 1.82) is 0 Å². The number of thioether (sulfide) groups is 1. The molecule has 8 heteroatoms. The molecule has 1 aromatic rings. The van der Waals surface area contributed by atoms with Gasteiger partial charge in [0.2, 0.25) is 11.9 Å². The van der Waals surface area contributed by atoms with E-state index in [1.165, 1.54) is 16.7 Å². The van der Waals surface area contributed by atoms with Crippen molar-refractivity contribution in [3.05, 3.63) is 0 Å². The Morgan fingerprint density at radius 1 is 1.39 bits per heavy atom. The van der Waals surface area contributed by atoms with Gasteiger partial charge in [-0.15, -0.1) is 0 Å². The zero-order valence-electron chi connectivity index (χ0n) is 10.9. The number of hydrogen-bond acceptors (Lipinski definition) is 7. The van der Waals surface area contributed by atoms with Gasteiger partial charge in [-0.3, -0.25) is 4.79 Å². The number of aromatic nitrogens is 3. The van der Waals surface area contributed by atoms with Crippen molar-refractivity contribution in [3.63, 3.8) is 0 Å². The Balaban J connectivity index is 2.71. The molecular weight excluding hydrogens is 254 g/mol. The van der Waals surface area contributed by atoms with Crippen LogP contribution < -0.4 is 10.5 Å². The van der Waals surface area contributed by atoms with Gasteiger partial charge in [-0.2, -0.15) is 15.0 Å². The van der Waals surface area contributed by atoms with Gasteiger partial charge in [0.1, 0.15) is 0 Å². The summed E-state index contributed by atoms with van der Waals surface area (Å²) in [5, 5.41) is 0.383. The predicted molar refractivity (Wildman–Crippen MR) is 69.4 cm³/mol. The molecule has 0 fully saturated rings. The molecule has 1 aromatic heterocycles. The van der Waals surface area contributed by atoms with Crippen LogP contribution >= 0.6 is 11.8 Å². The van der Waals surface area contributed by atoms with E-state index in [2.05, 4.69) is 15.0 Å². The number of amides is 1. The third kappa shape index (κ3) is 4.74. The number of nitrogens with two attached hydrogens (primary N) is 1. The van der Waals surface area contributed by atoms with Crippen molar-refractivity contribution in [2.75, 3.05) is 25.6 Å². The van der Waals surface area contributed by atoms with E-state index < -0.39 is 0 Å². The minimum atomic E-state index is -0.0481. The summed E-state index contributed by atoms with van der Waals surface area (Å²) in [4.78, 5) is 24.8. The Bertz CT molecular complexity index is 425. The third-order valence-corrected chi connectivity index (χ3v) is 2.61. The molecule has 0 radical (unpaired) electrons. The maximum atomic E-state index is 11.4. The molecule has 18 heavy (non-hydrogen) atoms. The first-order valence-electron chi connectivity index (χ1n) is 5.39. The SMILES string of the molecule is CC(C)Oc1nc(N)nc(SCC(=O)N(C)C)n1. The summed E-state index contributed by atoms with van der Waals surface area (Å²) in [6, 6.07) is 0.178. The van der Waals surface area contributed by atoms with Crippen molar-refractivity contribution in [2.45, 2.75) is 25.1 Å². The Kier molecular flexibility index (Phi) is 5.14. The highest BCUT2D eigenvalue weighted by molar-refractivity contribution is 7.99. The van der Waals surface area contributed by atoms with Crippen LogP contribution in [0.2, 0.25) is 0 Å². The standard InChI is InChI=1S/C10H17N5O2S/c1-6(2)17-9-12-8(11)13-10(14-9)18-5-7(16)15(3)4/h6H,5H2,1-4H3,(H2,11,12,13,14). The molecular formula is C10H17N5O2S. The van der Waals surface area contributed by atoms with E-state index >= 15 is 0 Å². The number of nitrogen functional groups attached to an aromatic ring is 1. The van der Waals surface area contributed by atoms with Crippen LogP contribution in [0.25, 0.3) is 0 Å². The van der Waals surface area contributed by atoms with Crippen molar-refractivity contribution in [3.8, 4) is 6.01 Å². The molecule has 0 unspecified atom stereocenters. The van der Waals surface area contributed by atoms with Gasteiger partial charge in [-0.1, -0.05) is 11.8 Å². The molecule has 0 aromatic carbocycles. The molecule has 0 atom stereocenters. The number of carbonyl (C=O) groups is 1. The van der Waals surface area contributed by atoms with E-state index in [0.717, 1.165) is 0 Å². The summed E-state index contributed by atoms with van der Waals surface area (Å²) in [5.74, 6) is 0.308. The molecule has 2 N–H and O–H groups in total. The molecule has 100 valence electrons. The van der Waals surface area contributed by atoms with E-state index in [-0.39, 0.29) is 29.7 Å². The fraction of sp³-hybridized carbons (Fsp3) is 0.600. The fourth-order valence-corrected chi connectivity index (χ4v) is 1.75. The van der Waals surface area contributed by atoms with Gasteiger partial charge in [0.05, 0.1) is 11.9 Å². The average molecular weight is 271 g/mol. The van der Waals surface area contributed by atoms with Crippen molar-refractivity contribution >= 4 is 23.6 Å². The van der Waals surface area contributed by atoms with Crippen LogP contribution in [-0.4, -0.2) is 51.7 Å². The smallest absolute Gasteiger partial charge is 0.322 e. The zero-order chi connectivity index (χ0) is 13.7. The molecule has 0 saturated carbocycles. The van der Waals surface area contributed by atoms with Crippen molar-refractivity contribution < 1.29 is 9.53 Å². The van der Waals surface area contributed by atoms with Gasteiger partial charge >= 0.3 is 6.01 Å². The van der Waals surface area contributed by atoms with Gasteiger partial charge in [-0.05, 0) is 13.8 Å². The van der Waals surface area contributed by atoms with Gasteiger partial charge < -0.3 is 15.4 Å². The summed E-state index contributed by atoms with van der Waals surface area (Å²) >= 11 is 1.20. The molecule has 1 amide bonds. The summed E-state index contributed by atoms with van der Waals surface area (Å²) in [6.45, 7) is 3.73. The third-order valence-electron chi connectivity index (χ3n) is 1.78. The van der Waals surface area contributed by atoms with Crippen LogP contribution in [0.3, 0.4) is 0 Å². The normalized spacial score (nSPS) is 10.5. The molecule has 7 nitrogen and oxygen atoms in total. The number of rotatable bonds is 5. The summed E-state index contributed by atoms with van der Waals surface area (Å²) < 4.78 is 5.34. The molecule has 1 rings (SSSR count). The minimum Gasteiger partial charge on any atom is -0.461 e. The largest absolute Gasteiger partial charge is 0.461 e. The minimum absolute atomic E-state index is 0.0229. The summed E-state index contributed by atoms with van der Waals surface area (Å²) in [6.07, 6.45) is -0.0481. The summed E-state index contributed by atoms with van der Waals surface area (Å²) in [7, 11) is 3.38. The van der Waals surface area contributed by atoms with E-state index in [1.54, 1.807) is 14.1 Å². The van der Waals surface area contributed by atoms with Crippen molar-refractivity contribution in [1.82, 2.24) is 19.9 Å². The molecule has 0 bridgehead atoms. The lowest BCUT2D eigenvalue weighted by Gasteiger charge is -2.10. The summed E-state index contributed by atoms with van der Waals surface area (Å²) in [5.41, 5.74) is 5.55. The number of anilines is 1. The van der Waals surface area contributed by atoms with Gasteiger partial charge in [0, 0.05) is 14.1 Å². The van der Waals surface area contributed by atoms with Gasteiger partial charge in [0.25, 0.3) is 0 Å². The topological polar surface area (TPSA) is 94.2 Å². The van der Waals surface area contributed by atoms with E-state index in [0.29, 0.717) is 5.16 Å². The monoisotopic (exact) mass is 271 g/mol. The molecule has 0 spiro atoms. The predicted octanol–water partition coefficient (Wildman–Crippen LogP) is 0.421. The molecule has 0 aliphatic carbocycles. The molecule has 0 saturated heterocycles. The van der Waals surface area contributed by atoms with E-state index in [4.69, 9.17) is 10.5 Å². The lowest BCUT2D eigenvalue weighted by Crippen LogP contribution is -2.23. The van der Waals surface area contributed by atoms with Crippen molar-refractivity contribution in [2.24, 2.45) is 0 Å². The average Bonchev–Trinajstić information content (AvgIpc) is 2.23. The quantitative estimate of drug-likeness (QED) is 0.775. The number of nitrogens with zero attached hydrogens (tertiary/aromatic N) is 4. The van der Waals surface area contributed by atoms with E-state index in [9.17, 15) is 4.79 Å². The molecule has 1 heterocycles. The van der Waals surface area contributed by atoms with Gasteiger partial charge in [0.15, 0.2) is 5.16 Å². The van der Waals surface area contributed by atoms with Crippen LogP contribution in [-0.2, 0) is 4.79 Å². The Morgan fingerprint density at radius 2 is 2.06 bits per heavy atom. The number of carbonyl (C=O) groups excluding carboxylic acids is 1. The Morgan fingerprint density at radius 3 is 2.61 bits per heavy atom. The van der Waals surface area contributed by atoms with Crippen LogP contribution in [0.15, 0.2) is 5.16 Å². The first kappa shape index (κ1) is 14.5. The molecule has 0 aliphatic rings. The zero-order valence-corrected chi connectivity index (χ0v) is 11.7. The first-order chi connectivity index (χ1) is 8.38. The Labute approximate surface area is 110 Å². The second-order valence-electron chi connectivity index (χ2n) is 4.00. The highest BCUT2D eigenvalue weighted by Crippen LogP contribution is 2.17. The Hall–Kier alpha value is -1.57. The van der Waals surface area contributed by atoms with Crippen LogP contribution in [0.1, 0.15) is 13.8 Å². The number of hydrogen-bond donors (Lipinski definition) is 1. The van der Waals surface area contributed by atoms with Crippen LogP contribution in [0, 0.1) is 0 Å². The van der Waals surface area contributed by atoms with E-state index in [1.807, 2.05) is 13.8 Å². The maximum Gasteiger partial charge on any atom is 0.322 e. The number of ether oxygens (including phenoxy) is 1. The first-order valence-corrected chi connectivity index (χ1v) is 6.38. The maximum absolute atomic E-state index is 11.4. The van der Waals surface area contributed by atoms with Crippen LogP contribution in [0.5, 0.6) is 6.01 Å².